The first-order valence-corrected chi connectivity index (χ1v) is 11.0. The van der Waals surface area contributed by atoms with Gasteiger partial charge in [0.05, 0.1) is 21.8 Å². The first kappa shape index (κ1) is 21.7. The predicted molar refractivity (Wildman–Crippen MR) is 120 cm³/mol. The zero-order valence-corrected chi connectivity index (χ0v) is 18.8. The monoisotopic (exact) mass is 448 g/mol. The van der Waals surface area contributed by atoms with E-state index >= 15 is 0 Å². The maximum absolute atomic E-state index is 12.4. The van der Waals surface area contributed by atoms with Gasteiger partial charge in [-0.15, -0.1) is 10.2 Å². The second kappa shape index (κ2) is 9.65. The van der Waals surface area contributed by atoms with Crippen molar-refractivity contribution in [2.24, 2.45) is 0 Å². The van der Waals surface area contributed by atoms with Gasteiger partial charge in [0.2, 0.25) is 5.91 Å². The van der Waals surface area contributed by atoms with E-state index in [1.807, 2.05) is 42.7 Å². The van der Waals surface area contributed by atoms with Crippen molar-refractivity contribution in [3.05, 3.63) is 63.6 Å². The number of nitrogens with zero attached hydrogens (tertiary/aromatic N) is 3. The molecule has 1 atom stereocenters. The molecule has 1 heterocycles. The standard InChI is InChI=1S/C21H22Cl2N4OS/c1-4-27-20(16-8-6-5-7-13(16)2)25-26-21(27)29-12-19(28)24-14(3)15-9-10-17(22)18(23)11-15/h5-11,14H,4,12H2,1-3H3,(H,24,28). The average molecular weight is 449 g/mol. The van der Waals surface area contributed by atoms with E-state index in [4.69, 9.17) is 23.2 Å². The Morgan fingerprint density at radius 3 is 2.62 bits per heavy atom. The van der Waals surface area contributed by atoms with Gasteiger partial charge in [-0.3, -0.25) is 4.79 Å². The predicted octanol–water partition coefficient (Wildman–Crippen LogP) is 5.55. The van der Waals surface area contributed by atoms with Crippen molar-refractivity contribution >= 4 is 40.9 Å². The summed E-state index contributed by atoms with van der Waals surface area (Å²) in [6, 6.07) is 13.2. The maximum atomic E-state index is 12.4. The number of rotatable bonds is 7. The molecule has 0 aliphatic rings. The van der Waals surface area contributed by atoms with E-state index in [1.54, 1.807) is 12.1 Å². The van der Waals surface area contributed by atoms with E-state index in [9.17, 15) is 4.79 Å². The number of aryl methyl sites for hydroxylation is 1. The fourth-order valence-corrected chi connectivity index (χ4v) is 4.10. The number of nitrogens with one attached hydrogen (secondary N) is 1. The smallest absolute Gasteiger partial charge is 0.230 e. The van der Waals surface area contributed by atoms with Crippen LogP contribution in [-0.4, -0.2) is 26.4 Å². The Morgan fingerprint density at radius 2 is 1.93 bits per heavy atom. The summed E-state index contributed by atoms with van der Waals surface area (Å²) >= 11 is 13.4. The third-order valence-electron chi connectivity index (χ3n) is 4.57. The van der Waals surface area contributed by atoms with E-state index < -0.39 is 0 Å². The summed E-state index contributed by atoms with van der Waals surface area (Å²) in [5.74, 6) is 0.978. The van der Waals surface area contributed by atoms with Crippen molar-refractivity contribution in [1.29, 1.82) is 0 Å². The van der Waals surface area contributed by atoms with Crippen molar-refractivity contribution in [1.82, 2.24) is 20.1 Å². The Morgan fingerprint density at radius 1 is 1.17 bits per heavy atom. The molecule has 5 nitrogen and oxygen atoms in total. The van der Waals surface area contributed by atoms with E-state index in [2.05, 4.69) is 28.5 Å². The van der Waals surface area contributed by atoms with E-state index in [0.717, 1.165) is 34.2 Å². The third-order valence-corrected chi connectivity index (χ3v) is 6.28. The fraction of sp³-hybridized carbons (Fsp3) is 0.286. The molecule has 0 radical (unpaired) electrons. The topological polar surface area (TPSA) is 59.8 Å². The first-order chi connectivity index (χ1) is 13.9. The van der Waals surface area contributed by atoms with Gasteiger partial charge in [-0.05, 0) is 44.0 Å². The molecule has 0 aliphatic carbocycles. The van der Waals surface area contributed by atoms with Crippen LogP contribution in [0.4, 0.5) is 0 Å². The molecule has 1 aromatic heterocycles. The minimum atomic E-state index is -0.176. The zero-order chi connectivity index (χ0) is 21.0. The number of halogens is 2. The molecule has 152 valence electrons. The fourth-order valence-electron chi connectivity index (χ4n) is 2.98. The number of aromatic nitrogens is 3. The summed E-state index contributed by atoms with van der Waals surface area (Å²) in [5, 5.41) is 13.3. The molecule has 0 saturated heterocycles. The second-order valence-corrected chi connectivity index (χ2v) is 8.37. The van der Waals surface area contributed by atoms with E-state index in [1.165, 1.54) is 11.8 Å². The molecule has 3 rings (SSSR count). The van der Waals surface area contributed by atoms with Crippen LogP contribution in [0.5, 0.6) is 0 Å². The van der Waals surface area contributed by atoms with Gasteiger partial charge < -0.3 is 9.88 Å². The van der Waals surface area contributed by atoms with Gasteiger partial charge in [0.15, 0.2) is 11.0 Å². The molecule has 8 heteroatoms. The molecule has 1 unspecified atom stereocenters. The summed E-state index contributed by atoms with van der Waals surface area (Å²) in [6.45, 7) is 6.73. The van der Waals surface area contributed by atoms with Crippen LogP contribution in [0.1, 0.15) is 31.0 Å². The van der Waals surface area contributed by atoms with Gasteiger partial charge in [0.25, 0.3) is 0 Å². The SMILES string of the molecule is CCn1c(SCC(=O)NC(C)c2ccc(Cl)c(Cl)c2)nnc1-c1ccccc1C. The van der Waals surface area contributed by atoms with Crippen molar-refractivity contribution in [2.75, 3.05) is 5.75 Å². The quantitative estimate of drug-likeness (QED) is 0.481. The highest BCUT2D eigenvalue weighted by Crippen LogP contribution is 2.27. The molecule has 0 saturated carbocycles. The van der Waals surface area contributed by atoms with Gasteiger partial charge >= 0.3 is 0 Å². The molecule has 1 amide bonds. The zero-order valence-electron chi connectivity index (χ0n) is 16.4. The third kappa shape index (κ3) is 5.13. The van der Waals surface area contributed by atoms with Gasteiger partial charge in [-0.25, -0.2) is 0 Å². The highest BCUT2D eigenvalue weighted by molar-refractivity contribution is 7.99. The van der Waals surface area contributed by atoms with Crippen molar-refractivity contribution in [3.8, 4) is 11.4 Å². The number of benzene rings is 2. The van der Waals surface area contributed by atoms with E-state index in [0.29, 0.717) is 10.0 Å². The lowest BCUT2D eigenvalue weighted by Crippen LogP contribution is -2.28. The molecule has 0 spiro atoms. The Hall–Kier alpha value is -2.02. The number of hydrogen-bond acceptors (Lipinski definition) is 4. The van der Waals surface area contributed by atoms with Crippen molar-refractivity contribution in [2.45, 2.75) is 38.5 Å². The molecule has 0 aliphatic heterocycles. The summed E-state index contributed by atoms with van der Waals surface area (Å²) < 4.78 is 2.03. The largest absolute Gasteiger partial charge is 0.349 e. The lowest BCUT2D eigenvalue weighted by atomic mass is 10.1. The van der Waals surface area contributed by atoms with Crippen LogP contribution in [0, 0.1) is 6.92 Å². The number of thioether (sulfide) groups is 1. The maximum Gasteiger partial charge on any atom is 0.230 e. The molecular weight excluding hydrogens is 427 g/mol. The molecule has 29 heavy (non-hydrogen) atoms. The molecule has 2 aromatic carbocycles. The lowest BCUT2D eigenvalue weighted by Gasteiger charge is -2.15. The molecular formula is C21H22Cl2N4OS. The number of carbonyl (C=O) groups excluding carboxylic acids is 1. The Labute approximate surface area is 184 Å². The minimum absolute atomic E-state index is 0.0864. The van der Waals surface area contributed by atoms with Gasteiger partial charge in [-0.2, -0.15) is 0 Å². The van der Waals surface area contributed by atoms with Crippen LogP contribution < -0.4 is 5.32 Å². The van der Waals surface area contributed by atoms with Crippen LogP contribution in [0.25, 0.3) is 11.4 Å². The van der Waals surface area contributed by atoms with Gasteiger partial charge in [0, 0.05) is 12.1 Å². The van der Waals surface area contributed by atoms with Crippen LogP contribution in [-0.2, 0) is 11.3 Å². The second-order valence-electron chi connectivity index (χ2n) is 6.62. The Kier molecular flexibility index (Phi) is 7.22. The van der Waals surface area contributed by atoms with Gasteiger partial charge in [0.1, 0.15) is 0 Å². The van der Waals surface area contributed by atoms with Crippen LogP contribution in [0.3, 0.4) is 0 Å². The summed E-state index contributed by atoms with van der Waals surface area (Å²) in [6.07, 6.45) is 0. The Balaban J connectivity index is 1.66. The normalized spacial score (nSPS) is 12.0. The number of amides is 1. The molecule has 3 aromatic rings. The minimum Gasteiger partial charge on any atom is -0.349 e. The molecule has 0 bridgehead atoms. The Bertz CT molecular complexity index is 1020. The number of carbonyl (C=O) groups is 1. The average Bonchev–Trinajstić information content (AvgIpc) is 3.11. The number of hydrogen-bond donors (Lipinski definition) is 1. The lowest BCUT2D eigenvalue weighted by molar-refractivity contribution is -0.119. The van der Waals surface area contributed by atoms with Crippen molar-refractivity contribution in [3.63, 3.8) is 0 Å². The van der Waals surface area contributed by atoms with Gasteiger partial charge in [-0.1, -0.05) is 65.3 Å². The first-order valence-electron chi connectivity index (χ1n) is 9.27. The molecule has 1 N–H and O–H groups in total. The summed E-state index contributed by atoms with van der Waals surface area (Å²) in [7, 11) is 0. The van der Waals surface area contributed by atoms with Crippen LogP contribution in [0.2, 0.25) is 10.0 Å². The highest BCUT2D eigenvalue weighted by Gasteiger charge is 2.17. The van der Waals surface area contributed by atoms with Crippen LogP contribution in [0.15, 0.2) is 47.6 Å². The highest BCUT2D eigenvalue weighted by atomic mass is 35.5. The molecule has 0 fully saturated rings. The summed E-state index contributed by atoms with van der Waals surface area (Å²) in [5.41, 5.74) is 3.09. The summed E-state index contributed by atoms with van der Waals surface area (Å²) in [4.78, 5) is 12.4. The van der Waals surface area contributed by atoms with E-state index in [-0.39, 0.29) is 17.7 Å². The van der Waals surface area contributed by atoms with Crippen molar-refractivity contribution < 1.29 is 4.79 Å². The van der Waals surface area contributed by atoms with Crippen LogP contribution >= 0.6 is 35.0 Å².